The first kappa shape index (κ1) is 11.2. The Bertz CT molecular complexity index is 582. The molecule has 3 aromatic rings. The molecular formula is C12H13N5S. The molecule has 3 aromatic heterocycles. The summed E-state index contributed by atoms with van der Waals surface area (Å²) in [6, 6.07) is 4.14. The molecule has 3 N–H and O–H groups in total. The highest BCUT2D eigenvalue weighted by atomic mass is 32.1. The van der Waals surface area contributed by atoms with Crippen molar-refractivity contribution in [3.63, 3.8) is 0 Å². The zero-order valence-electron chi connectivity index (χ0n) is 9.68. The topological polar surface area (TPSA) is 69.4 Å². The van der Waals surface area contributed by atoms with Crippen LogP contribution in [0.3, 0.4) is 0 Å². The van der Waals surface area contributed by atoms with Gasteiger partial charge in [0.1, 0.15) is 0 Å². The van der Waals surface area contributed by atoms with Crippen LogP contribution in [0.5, 0.6) is 0 Å². The van der Waals surface area contributed by atoms with E-state index < -0.39 is 0 Å². The quantitative estimate of drug-likeness (QED) is 0.657. The van der Waals surface area contributed by atoms with Gasteiger partial charge in [0.2, 0.25) is 0 Å². The van der Waals surface area contributed by atoms with Gasteiger partial charge in [0.15, 0.2) is 0 Å². The Hall–Kier alpha value is -1.92. The van der Waals surface area contributed by atoms with Gasteiger partial charge < -0.3 is 10.3 Å². The highest BCUT2D eigenvalue weighted by Gasteiger charge is 2.07. The van der Waals surface area contributed by atoms with E-state index in [4.69, 9.17) is 0 Å². The van der Waals surface area contributed by atoms with E-state index in [0.717, 1.165) is 24.5 Å². The molecule has 0 aromatic carbocycles. The molecule has 0 aliphatic heterocycles. The number of aromatic amines is 2. The monoisotopic (exact) mass is 259 g/mol. The van der Waals surface area contributed by atoms with Crippen LogP contribution in [-0.4, -0.2) is 20.2 Å². The summed E-state index contributed by atoms with van der Waals surface area (Å²) in [5.74, 6) is 0. The second-order valence-corrected chi connectivity index (χ2v) is 4.88. The first-order valence-corrected chi connectivity index (χ1v) is 6.55. The number of hydrogen-bond donors (Lipinski definition) is 3. The molecule has 3 heterocycles. The van der Waals surface area contributed by atoms with Crippen molar-refractivity contribution >= 4 is 11.3 Å². The molecule has 0 amide bonds. The van der Waals surface area contributed by atoms with Gasteiger partial charge >= 0.3 is 0 Å². The summed E-state index contributed by atoms with van der Waals surface area (Å²) < 4.78 is 0. The predicted octanol–water partition coefficient (Wildman–Crippen LogP) is 2.15. The fourth-order valence-electron chi connectivity index (χ4n) is 1.79. The molecule has 0 aliphatic rings. The van der Waals surface area contributed by atoms with Crippen LogP contribution in [0, 0.1) is 0 Å². The first-order chi connectivity index (χ1) is 8.93. The molecule has 3 rings (SSSR count). The summed E-state index contributed by atoms with van der Waals surface area (Å²) in [5, 5.41) is 12.6. The zero-order valence-corrected chi connectivity index (χ0v) is 10.5. The van der Waals surface area contributed by atoms with E-state index in [2.05, 4.69) is 36.9 Å². The second kappa shape index (κ2) is 5.16. The average molecular weight is 259 g/mol. The number of aromatic nitrogens is 4. The van der Waals surface area contributed by atoms with E-state index in [9.17, 15) is 0 Å². The predicted molar refractivity (Wildman–Crippen MR) is 71.0 cm³/mol. The van der Waals surface area contributed by atoms with Gasteiger partial charge in [0.25, 0.3) is 0 Å². The summed E-state index contributed by atoms with van der Waals surface area (Å²) >= 11 is 1.71. The number of rotatable bonds is 5. The summed E-state index contributed by atoms with van der Waals surface area (Å²) in [6.45, 7) is 1.55. The third-order valence-electron chi connectivity index (χ3n) is 2.67. The van der Waals surface area contributed by atoms with Gasteiger partial charge in [-0.2, -0.15) is 5.10 Å². The molecule has 0 saturated heterocycles. The third kappa shape index (κ3) is 2.34. The molecule has 5 nitrogen and oxygen atoms in total. The largest absolute Gasteiger partial charge is 0.347 e. The lowest BCUT2D eigenvalue weighted by molar-refractivity contribution is 0.683. The van der Waals surface area contributed by atoms with Gasteiger partial charge in [0, 0.05) is 30.5 Å². The third-order valence-corrected chi connectivity index (χ3v) is 3.56. The molecule has 0 unspecified atom stereocenters. The molecule has 0 fully saturated rings. The van der Waals surface area contributed by atoms with Crippen LogP contribution in [0.2, 0.25) is 0 Å². The van der Waals surface area contributed by atoms with Crippen molar-refractivity contribution in [3.05, 3.63) is 47.5 Å². The molecule has 0 radical (unpaired) electrons. The van der Waals surface area contributed by atoms with E-state index in [0.29, 0.717) is 0 Å². The highest BCUT2D eigenvalue weighted by molar-refractivity contribution is 7.13. The van der Waals surface area contributed by atoms with Gasteiger partial charge in [-0.15, -0.1) is 11.3 Å². The molecule has 0 bridgehead atoms. The lowest BCUT2D eigenvalue weighted by Gasteiger charge is -2.03. The van der Waals surface area contributed by atoms with Crippen LogP contribution >= 0.6 is 11.3 Å². The fraction of sp³-hybridized carbons (Fsp3) is 0.167. The smallest absolute Gasteiger partial charge is 0.0922 e. The van der Waals surface area contributed by atoms with Crippen LogP contribution in [0.15, 0.2) is 36.2 Å². The Labute approximate surface area is 108 Å². The molecule has 18 heavy (non-hydrogen) atoms. The van der Waals surface area contributed by atoms with Crippen LogP contribution in [0.4, 0.5) is 0 Å². The second-order valence-electron chi connectivity index (χ2n) is 3.93. The average Bonchev–Trinajstić information content (AvgIpc) is 3.12. The summed E-state index contributed by atoms with van der Waals surface area (Å²) in [6.07, 6.45) is 5.38. The summed E-state index contributed by atoms with van der Waals surface area (Å²) in [5.41, 5.74) is 3.36. The van der Waals surface area contributed by atoms with Gasteiger partial charge in [-0.05, 0) is 11.4 Å². The van der Waals surface area contributed by atoms with Gasteiger partial charge in [-0.3, -0.25) is 5.10 Å². The number of nitrogens with one attached hydrogen (secondary N) is 3. The molecule has 0 atom stereocenters. The normalized spacial score (nSPS) is 10.9. The van der Waals surface area contributed by atoms with Crippen LogP contribution in [0.25, 0.3) is 10.6 Å². The molecular weight excluding hydrogens is 246 g/mol. The minimum Gasteiger partial charge on any atom is -0.347 e. The van der Waals surface area contributed by atoms with Gasteiger partial charge in [0.05, 0.1) is 23.1 Å². The van der Waals surface area contributed by atoms with E-state index in [1.807, 2.05) is 18.5 Å². The SMILES string of the molecule is c1csc(-c2[nH]ncc2CNCc2cnc[nH]2)c1. The number of thiophene rings is 1. The van der Waals surface area contributed by atoms with E-state index in [1.54, 1.807) is 17.7 Å². The van der Waals surface area contributed by atoms with Crippen LogP contribution in [0.1, 0.15) is 11.3 Å². The van der Waals surface area contributed by atoms with E-state index in [-0.39, 0.29) is 0 Å². The van der Waals surface area contributed by atoms with Gasteiger partial charge in [-0.25, -0.2) is 4.98 Å². The van der Waals surface area contributed by atoms with Crippen LogP contribution in [-0.2, 0) is 13.1 Å². The Morgan fingerprint density at radius 3 is 3.06 bits per heavy atom. The summed E-state index contributed by atoms with van der Waals surface area (Å²) in [4.78, 5) is 8.26. The molecule has 0 spiro atoms. The Balaban J connectivity index is 1.65. The number of H-pyrrole nitrogens is 2. The van der Waals surface area contributed by atoms with Crippen molar-refractivity contribution in [3.8, 4) is 10.6 Å². The minimum absolute atomic E-state index is 0.773. The Morgan fingerprint density at radius 1 is 1.28 bits per heavy atom. The lowest BCUT2D eigenvalue weighted by Crippen LogP contribution is -2.12. The van der Waals surface area contributed by atoms with Crippen molar-refractivity contribution in [1.82, 2.24) is 25.5 Å². The fourth-order valence-corrected chi connectivity index (χ4v) is 2.55. The van der Waals surface area contributed by atoms with E-state index in [1.165, 1.54) is 10.4 Å². The standard InChI is InChI=1S/C12H13N5S/c1-2-11(18-3-1)12-9(5-16-17-12)4-13-6-10-7-14-8-15-10/h1-3,5,7-8,13H,4,6H2,(H,14,15)(H,16,17). The molecule has 6 heteroatoms. The number of imidazole rings is 1. The minimum atomic E-state index is 0.773. The van der Waals surface area contributed by atoms with Crippen molar-refractivity contribution in [2.24, 2.45) is 0 Å². The van der Waals surface area contributed by atoms with Gasteiger partial charge in [-0.1, -0.05) is 6.07 Å². The maximum absolute atomic E-state index is 4.12. The van der Waals surface area contributed by atoms with Crippen molar-refractivity contribution in [2.75, 3.05) is 0 Å². The summed E-state index contributed by atoms with van der Waals surface area (Å²) in [7, 11) is 0. The maximum Gasteiger partial charge on any atom is 0.0922 e. The Kier molecular flexibility index (Phi) is 3.20. The van der Waals surface area contributed by atoms with Crippen molar-refractivity contribution in [2.45, 2.75) is 13.1 Å². The number of hydrogen-bond acceptors (Lipinski definition) is 4. The maximum atomic E-state index is 4.12. The first-order valence-electron chi connectivity index (χ1n) is 5.67. The number of nitrogens with zero attached hydrogens (tertiary/aromatic N) is 2. The van der Waals surface area contributed by atoms with Crippen molar-refractivity contribution < 1.29 is 0 Å². The van der Waals surface area contributed by atoms with Crippen molar-refractivity contribution in [1.29, 1.82) is 0 Å². The zero-order chi connectivity index (χ0) is 12.2. The molecule has 92 valence electrons. The molecule has 0 saturated carbocycles. The Morgan fingerprint density at radius 2 is 2.28 bits per heavy atom. The van der Waals surface area contributed by atoms with E-state index >= 15 is 0 Å². The van der Waals surface area contributed by atoms with Crippen LogP contribution < -0.4 is 5.32 Å². The lowest BCUT2D eigenvalue weighted by atomic mass is 10.2. The highest BCUT2D eigenvalue weighted by Crippen LogP contribution is 2.25. The molecule has 0 aliphatic carbocycles.